The summed E-state index contributed by atoms with van der Waals surface area (Å²) in [7, 11) is 3.03. The van der Waals surface area contributed by atoms with Crippen LogP contribution in [-0.2, 0) is 20.6 Å². The minimum Gasteiger partial charge on any atom is -0.309 e. The summed E-state index contributed by atoms with van der Waals surface area (Å²) in [4.78, 5) is 37.3. The van der Waals surface area contributed by atoms with Crippen molar-refractivity contribution in [3.05, 3.63) is 52.0 Å². The average Bonchev–Trinajstić information content (AvgIpc) is 2.91. The first-order valence-corrected chi connectivity index (χ1v) is 7.58. The lowest BCUT2D eigenvalue weighted by molar-refractivity contribution is 0.700. The van der Waals surface area contributed by atoms with Gasteiger partial charge >= 0.3 is 5.69 Å². The highest BCUT2D eigenvalue weighted by molar-refractivity contribution is 7.99. The molecule has 0 fully saturated rings. The van der Waals surface area contributed by atoms with Crippen LogP contribution < -0.4 is 11.2 Å². The second kappa shape index (κ2) is 5.84. The molecule has 0 atom stereocenters. The van der Waals surface area contributed by atoms with E-state index >= 15 is 0 Å². The van der Waals surface area contributed by atoms with Gasteiger partial charge in [-0.15, -0.1) is 6.58 Å². The molecule has 3 aromatic heterocycles. The highest BCUT2D eigenvalue weighted by Crippen LogP contribution is 2.26. The zero-order chi connectivity index (χ0) is 16.6. The Balaban J connectivity index is 2.30. The second-order valence-electron chi connectivity index (χ2n) is 4.81. The van der Waals surface area contributed by atoms with Crippen LogP contribution >= 0.6 is 11.8 Å². The fourth-order valence-electron chi connectivity index (χ4n) is 2.22. The van der Waals surface area contributed by atoms with Crippen molar-refractivity contribution < 1.29 is 0 Å². The molecule has 8 nitrogen and oxygen atoms in total. The average molecular weight is 330 g/mol. The summed E-state index contributed by atoms with van der Waals surface area (Å²) in [5, 5.41) is 1.04. The smallest absolute Gasteiger partial charge is 0.309 e. The molecule has 23 heavy (non-hydrogen) atoms. The standard InChI is InChI=1S/C14H14N6O2S/c1-4-8-20-9-10(18(2)14(22)19(3)11(9)21)17-13(20)23-12-15-6-5-7-16-12/h4-7H,1,8H2,2-3H3. The molecule has 0 aliphatic rings. The van der Waals surface area contributed by atoms with Crippen LogP contribution in [0.5, 0.6) is 0 Å². The predicted molar refractivity (Wildman–Crippen MR) is 86.6 cm³/mol. The Morgan fingerprint density at radius 2 is 1.91 bits per heavy atom. The third kappa shape index (κ3) is 2.48. The van der Waals surface area contributed by atoms with E-state index in [9.17, 15) is 9.59 Å². The van der Waals surface area contributed by atoms with Crippen molar-refractivity contribution in [2.75, 3.05) is 0 Å². The normalized spacial score (nSPS) is 11.0. The predicted octanol–water partition coefficient (Wildman–Crippen LogP) is 0.561. The van der Waals surface area contributed by atoms with Crippen molar-refractivity contribution in [2.45, 2.75) is 16.9 Å². The van der Waals surface area contributed by atoms with Crippen LogP contribution in [0.25, 0.3) is 11.2 Å². The molecule has 0 aliphatic heterocycles. The van der Waals surface area contributed by atoms with Crippen LogP contribution in [0.1, 0.15) is 0 Å². The van der Waals surface area contributed by atoms with Crippen LogP contribution in [0.2, 0.25) is 0 Å². The van der Waals surface area contributed by atoms with E-state index < -0.39 is 11.2 Å². The van der Waals surface area contributed by atoms with Gasteiger partial charge in [0.25, 0.3) is 5.56 Å². The number of nitrogens with zero attached hydrogens (tertiary/aromatic N) is 6. The molecule has 9 heteroatoms. The first kappa shape index (κ1) is 15.2. The molecule has 3 rings (SSSR count). The van der Waals surface area contributed by atoms with Gasteiger partial charge in [0.1, 0.15) is 0 Å². The van der Waals surface area contributed by atoms with Crippen molar-refractivity contribution in [2.24, 2.45) is 14.1 Å². The molecule has 0 aromatic carbocycles. The van der Waals surface area contributed by atoms with Gasteiger partial charge in [0, 0.05) is 33.0 Å². The van der Waals surface area contributed by atoms with Gasteiger partial charge in [-0.2, -0.15) is 0 Å². The second-order valence-corrected chi connectivity index (χ2v) is 5.74. The SMILES string of the molecule is C=CCn1c(Sc2ncccn2)nc2c1c(=O)n(C)c(=O)n2C. The first-order chi connectivity index (χ1) is 11.0. The molecule has 3 heterocycles. The van der Waals surface area contributed by atoms with Crippen molar-refractivity contribution in [1.29, 1.82) is 0 Å². The van der Waals surface area contributed by atoms with Gasteiger partial charge in [-0.25, -0.2) is 19.7 Å². The molecule has 0 spiro atoms. The molecule has 0 aliphatic carbocycles. The largest absolute Gasteiger partial charge is 0.332 e. The Bertz CT molecular complexity index is 1000. The lowest BCUT2D eigenvalue weighted by Crippen LogP contribution is -2.37. The molecule has 3 aromatic rings. The van der Waals surface area contributed by atoms with Gasteiger partial charge in [0.05, 0.1) is 0 Å². The molecule has 0 amide bonds. The summed E-state index contributed by atoms with van der Waals surface area (Å²) in [5.41, 5.74) is -0.122. The maximum Gasteiger partial charge on any atom is 0.332 e. The number of allylic oxidation sites excluding steroid dienone is 1. The molecule has 0 saturated heterocycles. The van der Waals surface area contributed by atoms with E-state index in [4.69, 9.17) is 0 Å². The van der Waals surface area contributed by atoms with Gasteiger partial charge in [-0.3, -0.25) is 13.9 Å². The maximum atomic E-state index is 12.5. The van der Waals surface area contributed by atoms with E-state index in [1.807, 2.05) is 0 Å². The van der Waals surface area contributed by atoms with E-state index in [1.165, 1.54) is 23.4 Å². The first-order valence-electron chi connectivity index (χ1n) is 6.76. The number of rotatable bonds is 4. The summed E-state index contributed by atoms with van der Waals surface area (Å²) in [6, 6.07) is 1.72. The van der Waals surface area contributed by atoms with E-state index in [0.717, 1.165) is 4.57 Å². The molecular weight excluding hydrogens is 316 g/mol. The van der Waals surface area contributed by atoms with Crippen LogP contribution in [-0.4, -0.2) is 28.7 Å². The van der Waals surface area contributed by atoms with Crippen molar-refractivity contribution in [3.8, 4) is 0 Å². The van der Waals surface area contributed by atoms with Crippen LogP contribution in [0.15, 0.2) is 51.0 Å². The Kier molecular flexibility index (Phi) is 3.87. The van der Waals surface area contributed by atoms with Gasteiger partial charge in [0.15, 0.2) is 21.5 Å². The van der Waals surface area contributed by atoms with Gasteiger partial charge in [-0.05, 0) is 17.8 Å². The molecule has 0 radical (unpaired) electrons. The molecular formula is C14H14N6O2S. The minimum absolute atomic E-state index is 0.332. The lowest BCUT2D eigenvalue weighted by atomic mass is 10.5. The number of hydrogen-bond acceptors (Lipinski definition) is 6. The van der Waals surface area contributed by atoms with Crippen LogP contribution in [0.3, 0.4) is 0 Å². The summed E-state index contributed by atoms with van der Waals surface area (Å²) in [6.07, 6.45) is 4.93. The minimum atomic E-state index is -0.418. The van der Waals surface area contributed by atoms with Crippen LogP contribution in [0.4, 0.5) is 0 Å². The zero-order valence-corrected chi connectivity index (χ0v) is 13.4. The maximum absolute atomic E-state index is 12.5. The Morgan fingerprint density at radius 3 is 2.57 bits per heavy atom. The van der Waals surface area contributed by atoms with Crippen LogP contribution in [0, 0.1) is 0 Å². The molecule has 0 unspecified atom stereocenters. The Hall–Kier alpha value is -2.68. The highest BCUT2D eigenvalue weighted by atomic mass is 32.2. The summed E-state index contributed by atoms with van der Waals surface area (Å²) in [5.74, 6) is 0. The van der Waals surface area contributed by atoms with Gasteiger partial charge in [-0.1, -0.05) is 6.08 Å². The van der Waals surface area contributed by atoms with Crippen molar-refractivity contribution in [1.82, 2.24) is 28.7 Å². The quantitative estimate of drug-likeness (QED) is 0.513. The zero-order valence-electron chi connectivity index (χ0n) is 12.6. The number of imidazole rings is 1. The summed E-state index contributed by atoms with van der Waals surface area (Å²) < 4.78 is 4.13. The fourth-order valence-corrected chi connectivity index (χ4v) is 3.02. The van der Waals surface area contributed by atoms with E-state index in [1.54, 1.807) is 36.2 Å². The van der Waals surface area contributed by atoms with E-state index in [-0.39, 0.29) is 0 Å². The molecule has 0 N–H and O–H groups in total. The summed E-state index contributed by atoms with van der Waals surface area (Å²) >= 11 is 1.23. The van der Waals surface area contributed by atoms with E-state index in [2.05, 4.69) is 21.5 Å². The molecule has 0 saturated carbocycles. The third-order valence-corrected chi connectivity index (χ3v) is 4.24. The Labute approximate surface area is 135 Å². The molecule has 118 valence electrons. The third-order valence-electron chi connectivity index (χ3n) is 3.35. The molecule has 0 bridgehead atoms. The van der Waals surface area contributed by atoms with E-state index in [0.29, 0.717) is 28.0 Å². The van der Waals surface area contributed by atoms with Gasteiger partial charge < -0.3 is 4.57 Å². The number of aromatic nitrogens is 6. The van der Waals surface area contributed by atoms with Gasteiger partial charge in [0.2, 0.25) is 0 Å². The number of aryl methyl sites for hydroxylation is 1. The van der Waals surface area contributed by atoms with Crippen molar-refractivity contribution in [3.63, 3.8) is 0 Å². The lowest BCUT2D eigenvalue weighted by Gasteiger charge is -2.06. The monoisotopic (exact) mass is 330 g/mol. The number of hydrogen-bond donors (Lipinski definition) is 0. The Morgan fingerprint density at radius 1 is 1.22 bits per heavy atom. The topological polar surface area (TPSA) is 87.6 Å². The highest BCUT2D eigenvalue weighted by Gasteiger charge is 2.19. The van der Waals surface area contributed by atoms with Crippen molar-refractivity contribution >= 4 is 22.9 Å². The fraction of sp³-hybridized carbons (Fsp3) is 0.214. The summed E-state index contributed by atoms with van der Waals surface area (Å²) in [6.45, 7) is 4.10. The number of fused-ring (bicyclic) bond motifs is 1.